The molecule has 0 unspecified atom stereocenters. The van der Waals surface area contributed by atoms with E-state index < -0.39 is 8.56 Å². The Hall–Kier alpha value is 0.137. The van der Waals surface area contributed by atoms with Crippen molar-refractivity contribution in [3.8, 4) is 0 Å². The summed E-state index contributed by atoms with van der Waals surface area (Å²) in [5.74, 6) is 0. The Morgan fingerprint density at radius 1 is 1.10 bits per heavy atom. The van der Waals surface area contributed by atoms with Crippen molar-refractivity contribution in [2.45, 2.75) is 44.2 Å². The van der Waals surface area contributed by atoms with Crippen molar-refractivity contribution in [2.75, 3.05) is 0 Å². The quantitative estimate of drug-likeness (QED) is 0.525. The van der Waals surface area contributed by atoms with E-state index in [1.54, 1.807) is 0 Å². The van der Waals surface area contributed by atoms with E-state index in [1.165, 1.54) is 13.0 Å². The Labute approximate surface area is 63.1 Å². The summed E-state index contributed by atoms with van der Waals surface area (Å²) in [4.78, 5) is 22.1. The molecule has 0 aromatic carbocycles. The first-order valence-electron chi connectivity index (χ1n) is 4.01. The molecule has 10 heavy (non-hydrogen) atoms. The molecule has 2 radical (unpaired) electrons. The lowest BCUT2D eigenvalue weighted by Gasteiger charge is -2.24. The highest BCUT2D eigenvalue weighted by Gasteiger charge is 2.38. The maximum Gasteiger partial charge on any atom is 0.406 e. The van der Waals surface area contributed by atoms with Crippen LogP contribution in [0.25, 0.3) is 0 Å². The summed E-state index contributed by atoms with van der Waals surface area (Å²) in [5, 5.41) is 0. The normalized spacial score (nSPS) is 23.1. The van der Waals surface area contributed by atoms with Crippen LogP contribution < -0.4 is 0 Å². The summed E-state index contributed by atoms with van der Waals surface area (Å²) in [5.41, 5.74) is 0.0289. The second-order valence-corrected chi connectivity index (χ2v) is 6.20. The van der Waals surface area contributed by atoms with Crippen LogP contribution in [0.3, 0.4) is 0 Å². The van der Waals surface area contributed by atoms with Gasteiger partial charge in [-0.05, 0) is 19.4 Å². The molecule has 1 aliphatic rings. The third kappa shape index (κ3) is 2.07. The smallest absolute Gasteiger partial charge is 0.257 e. The molecule has 58 valence electrons. The van der Waals surface area contributed by atoms with Gasteiger partial charge >= 0.3 is 8.56 Å². The maximum absolute atomic E-state index is 11.0. The number of hydrogen-bond donors (Lipinski definition) is 0. The number of rotatable bonds is 1. The van der Waals surface area contributed by atoms with Gasteiger partial charge < -0.3 is 0 Å². The molecule has 0 aromatic heterocycles. The Balaban J connectivity index is 2.39. The monoisotopic (exact) mass is 158 g/mol. The van der Waals surface area contributed by atoms with Gasteiger partial charge in [0, 0.05) is 5.54 Å². The van der Waals surface area contributed by atoms with Gasteiger partial charge in [0.2, 0.25) is 0 Å². The first-order chi connectivity index (χ1) is 4.61. The third-order valence-electron chi connectivity index (χ3n) is 2.35. The lowest BCUT2D eigenvalue weighted by molar-refractivity contribution is 0.222. The molecule has 0 aliphatic heterocycles. The minimum atomic E-state index is -3.26. The van der Waals surface area contributed by atoms with Gasteiger partial charge in [-0.1, -0.05) is 19.3 Å². The van der Waals surface area contributed by atoms with Gasteiger partial charge in [0.05, 0.1) is 0 Å². The summed E-state index contributed by atoms with van der Waals surface area (Å²) >= 11 is 0. The lowest BCUT2D eigenvalue weighted by atomic mass is 10.0. The van der Waals surface area contributed by atoms with Crippen LogP contribution in [0.15, 0.2) is 0 Å². The summed E-state index contributed by atoms with van der Waals surface area (Å²) in [6, 6.07) is 0. The molecule has 1 saturated carbocycles. The molecule has 0 heterocycles. The zero-order chi connectivity index (χ0) is 7.61. The SMILES string of the molecule is C[Si]([O])([O])C1CCCCC1. The predicted molar refractivity (Wildman–Crippen MR) is 39.8 cm³/mol. The zero-order valence-electron chi connectivity index (χ0n) is 6.43. The van der Waals surface area contributed by atoms with Crippen molar-refractivity contribution in [3.05, 3.63) is 0 Å². The Morgan fingerprint density at radius 2 is 1.60 bits per heavy atom. The van der Waals surface area contributed by atoms with Gasteiger partial charge in [0.1, 0.15) is 0 Å². The molecule has 0 N–H and O–H groups in total. The molecule has 0 saturated heterocycles. The second kappa shape index (κ2) is 3.03. The average molecular weight is 158 g/mol. The molecule has 0 bridgehead atoms. The van der Waals surface area contributed by atoms with Crippen LogP contribution in [-0.2, 0) is 9.59 Å². The van der Waals surface area contributed by atoms with Crippen molar-refractivity contribution in [2.24, 2.45) is 0 Å². The fraction of sp³-hybridized carbons (Fsp3) is 1.00. The summed E-state index contributed by atoms with van der Waals surface area (Å²) in [6.45, 7) is 1.41. The fourth-order valence-corrected chi connectivity index (χ4v) is 3.08. The van der Waals surface area contributed by atoms with E-state index in [0.717, 1.165) is 25.7 Å². The molecule has 2 nitrogen and oxygen atoms in total. The highest BCUT2D eigenvalue weighted by molar-refractivity contribution is 6.64. The van der Waals surface area contributed by atoms with E-state index in [0.29, 0.717) is 0 Å². The average Bonchev–Trinajstić information content (AvgIpc) is 1.88. The standard InChI is InChI=1S/C7H14O2Si/c1-10(8,9)7-5-3-2-4-6-7/h7H,2-6H2,1H3. The van der Waals surface area contributed by atoms with E-state index >= 15 is 0 Å². The molecular formula is C7H14O2Si. The van der Waals surface area contributed by atoms with Crippen LogP contribution in [0.5, 0.6) is 0 Å². The highest BCUT2D eigenvalue weighted by atomic mass is 28.4. The van der Waals surface area contributed by atoms with Crippen LogP contribution in [0.2, 0.25) is 12.1 Å². The van der Waals surface area contributed by atoms with Crippen molar-refractivity contribution < 1.29 is 9.59 Å². The van der Waals surface area contributed by atoms with Crippen molar-refractivity contribution in [1.29, 1.82) is 0 Å². The van der Waals surface area contributed by atoms with Gasteiger partial charge in [-0.25, -0.2) is 0 Å². The van der Waals surface area contributed by atoms with Crippen molar-refractivity contribution >= 4 is 8.56 Å². The molecule has 1 aliphatic carbocycles. The molecule has 0 spiro atoms. The molecular weight excluding hydrogens is 144 g/mol. The summed E-state index contributed by atoms with van der Waals surface area (Å²) < 4.78 is 0. The largest absolute Gasteiger partial charge is 0.406 e. The van der Waals surface area contributed by atoms with Gasteiger partial charge in [0.25, 0.3) is 0 Å². The Kier molecular flexibility index (Phi) is 2.49. The second-order valence-electron chi connectivity index (χ2n) is 3.35. The van der Waals surface area contributed by atoms with Gasteiger partial charge in [0.15, 0.2) is 0 Å². The topological polar surface area (TPSA) is 39.8 Å². The summed E-state index contributed by atoms with van der Waals surface area (Å²) in [7, 11) is -3.26. The fourth-order valence-electron chi connectivity index (χ4n) is 1.63. The minimum absolute atomic E-state index is 0.0289. The van der Waals surface area contributed by atoms with Crippen molar-refractivity contribution in [3.63, 3.8) is 0 Å². The van der Waals surface area contributed by atoms with Gasteiger partial charge in [-0.3, -0.25) is 9.59 Å². The van der Waals surface area contributed by atoms with E-state index in [2.05, 4.69) is 0 Å². The van der Waals surface area contributed by atoms with E-state index in [-0.39, 0.29) is 5.54 Å². The van der Waals surface area contributed by atoms with Crippen LogP contribution in [0.1, 0.15) is 32.1 Å². The van der Waals surface area contributed by atoms with Crippen LogP contribution in [0, 0.1) is 0 Å². The highest BCUT2D eigenvalue weighted by Crippen LogP contribution is 2.34. The lowest BCUT2D eigenvalue weighted by Crippen LogP contribution is -2.34. The van der Waals surface area contributed by atoms with E-state index in [4.69, 9.17) is 0 Å². The molecule has 0 amide bonds. The van der Waals surface area contributed by atoms with Crippen molar-refractivity contribution in [1.82, 2.24) is 0 Å². The molecule has 1 fully saturated rings. The zero-order valence-corrected chi connectivity index (χ0v) is 7.43. The summed E-state index contributed by atoms with van der Waals surface area (Å²) in [6.07, 6.45) is 5.27. The van der Waals surface area contributed by atoms with Gasteiger partial charge in [-0.2, -0.15) is 0 Å². The van der Waals surface area contributed by atoms with Crippen LogP contribution in [0.4, 0.5) is 0 Å². The Bertz CT molecular complexity index is 103. The van der Waals surface area contributed by atoms with Crippen LogP contribution >= 0.6 is 0 Å². The first kappa shape index (κ1) is 8.24. The first-order valence-corrected chi connectivity index (χ1v) is 6.41. The Morgan fingerprint density at radius 3 is 1.90 bits per heavy atom. The maximum atomic E-state index is 11.0. The molecule has 3 heteroatoms. The van der Waals surface area contributed by atoms with Gasteiger partial charge in [-0.15, -0.1) is 0 Å². The molecule has 0 aromatic rings. The number of hydrogen-bond acceptors (Lipinski definition) is 0. The van der Waals surface area contributed by atoms with E-state index in [1.807, 2.05) is 0 Å². The molecule has 1 rings (SSSR count). The van der Waals surface area contributed by atoms with E-state index in [9.17, 15) is 9.59 Å². The predicted octanol–water partition coefficient (Wildman–Crippen LogP) is 2.25. The molecule has 0 atom stereocenters. The van der Waals surface area contributed by atoms with Crippen LogP contribution in [-0.4, -0.2) is 8.56 Å². The third-order valence-corrected chi connectivity index (χ3v) is 4.41. The minimum Gasteiger partial charge on any atom is -0.257 e.